The van der Waals surface area contributed by atoms with Crippen LogP contribution >= 0.6 is 11.3 Å². The van der Waals surface area contributed by atoms with Crippen LogP contribution < -0.4 is 5.56 Å². The highest BCUT2D eigenvalue weighted by atomic mass is 32.1. The van der Waals surface area contributed by atoms with Gasteiger partial charge >= 0.3 is 5.97 Å². The number of carbonyl (C=O) groups is 1. The van der Waals surface area contributed by atoms with E-state index in [1.165, 1.54) is 15.9 Å². The van der Waals surface area contributed by atoms with Gasteiger partial charge in [-0.25, -0.2) is 9.78 Å². The summed E-state index contributed by atoms with van der Waals surface area (Å²) in [5, 5.41) is 0.565. The summed E-state index contributed by atoms with van der Waals surface area (Å²) in [6.45, 7) is 11.4. The molecule has 0 saturated carbocycles. The second-order valence-electron chi connectivity index (χ2n) is 7.62. The highest BCUT2D eigenvalue weighted by molar-refractivity contribution is 7.19. The van der Waals surface area contributed by atoms with Crippen molar-refractivity contribution in [3.05, 3.63) is 51.4 Å². The van der Waals surface area contributed by atoms with Crippen LogP contribution in [0.15, 0.2) is 35.1 Å². The molecule has 0 aliphatic heterocycles. The van der Waals surface area contributed by atoms with E-state index >= 15 is 0 Å². The van der Waals surface area contributed by atoms with Gasteiger partial charge in [0.1, 0.15) is 16.2 Å². The van der Waals surface area contributed by atoms with Gasteiger partial charge in [0.15, 0.2) is 0 Å². The number of aryl methyl sites for hydroxylation is 1. The van der Waals surface area contributed by atoms with E-state index in [1.54, 1.807) is 20.8 Å². The van der Waals surface area contributed by atoms with Crippen LogP contribution in [0.5, 0.6) is 0 Å². The van der Waals surface area contributed by atoms with Crippen molar-refractivity contribution >= 4 is 27.5 Å². The van der Waals surface area contributed by atoms with Crippen molar-refractivity contribution in [1.82, 2.24) is 9.55 Å². The average Bonchev–Trinajstić information content (AvgIpc) is 2.98. The molecule has 6 heteroatoms. The number of aromatic nitrogens is 2. The summed E-state index contributed by atoms with van der Waals surface area (Å²) in [6.07, 6.45) is 0. The molecule has 0 unspecified atom stereocenters. The minimum absolute atomic E-state index is 0.0200. The molecule has 0 atom stereocenters. The van der Waals surface area contributed by atoms with Crippen molar-refractivity contribution < 1.29 is 9.53 Å². The van der Waals surface area contributed by atoms with E-state index in [1.807, 2.05) is 51.1 Å². The van der Waals surface area contributed by atoms with Crippen molar-refractivity contribution in [2.75, 3.05) is 6.61 Å². The lowest BCUT2D eigenvalue weighted by atomic mass is 10.0. The first-order chi connectivity index (χ1) is 13.2. The molecule has 5 nitrogen and oxygen atoms in total. The van der Waals surface area contributed by atoms with Gasteiger partial charge in [0.25, 0.3) is 5.56 Å². The average molecular weight is 399 g/mol. The zero-order valence-corrected chi connectivity index (χ0v) is 18.0. The highest BCUT2D eigenvalue weighted by Gasteiger charge is 2.36. The Morgan fingerprint density at radius 2 is 1.89 bits per heavy atom. The lowest BCUT2D eigenvalue weighted by Crippen LogP contribution is -2.46. The summed E-state index contributed by atoms with van der Waals surface area (Å²) in [7, 11) is 0. The van der Waals surface area contributed by atoms with Gasteiger partial charge < -0.3 is 4.74 Å². The van der Waals surface area contributed by atoms with E-state index < -0.39 is 11.5 Å². The van der Waals surface area contributed by atoms with Crippen LogP contribution in [0.1, 0.15) is 51.2 Å². The maximum Gasteiger partial charge on any atom is 0.331 e. The topological polar surface area (TPSA) is 61.2 Å². The Morgan fingerprint density at radius 3 is 2.46 bits per heavy atom. The number of esters is 1. The summed E-state index contributed by atoms with van der Waals surface area (Å²) in [6, 6.07) is 9.84. The molecule has 0 bridgehead atoms. The number of rotatable bonds is 5. The van der Waals surface area contributed by atoms with Crippen molar-refractivity contribution in [2.24, 2.45) is 0 Å². The summed E-state index contributed by atoms with van der Waals surface area (Å²) in [5.41, 5.74) is 0.511. The SMILES string of the molecule is CCOC(=O)C(C)(C)n1c(C(C)C)nc2sc(C)c(-c3ccccc3)c2c1=O. The van der Waals surface area contributed by atoms with E-state index in [9.17, 15) is 9.59 Å². The monoisotopic (exact) mass is 398 g/mol. The van der Waals surface area contributed by atoms with Gasteiger partial charge in [-0.15, -0.1) is 11.3 Å². The standard InChI is InChI=1S/C22H26N2O3S/c1-7-27-21(26)22(5,6)24-18(13(2)3)23-19-17(20(24)25)16(14(4)28-19)15-11-9-8-10-12-15/h8-13H,7H2,1-6H3. The lowest BCUT2D eigenvalue weighted by Gasteiger charge is -2.28. The number of hydrogen-bond acceptors (Lipinski definition) is 5. The molecule has 0 saturated heterocycles. The molecular formula is C22H26N2O3S. The normalized spacial score (nSPS) is 12.0. The second kappa shape index (κ2) is 7.51. The third kappa shape index (κ3) is 3.26. The Morgan fingerprint density at radius 1 is 1.25 bits per heavy atom. The smallest absolute Gasteiger partial charge is 0.331 e. The Balaban J connectivity index is 2.41. The maximum absolute atomic E-state index is 13.7. The number of ether oxygens (including phenoxy) is 1. The molecule has 0 amide bonds. The Hall–Kier alpha value is -2.47. The van der Waals surface area contributed by atoms with Crippen molar-refractivity contribution in [3.63, 3.8) is 0 Å². The summed E-state index contributed by atoms with van der Waals surface area (Å²) in [5.74, 6) is 0.137. The minimum Gasteiger partial charge on any atom is -0.464 e. The van der Waals surface area contributed by atoms with Crippen LogP contribution in [0.4, 0.5) is 0 Å². The largest absolute Gasteiger partial charge is 0.464 e. The number of thiophene rings is 1. The molecule has 148 valence electrons. The van der Waals surface area contributed by atoms with Gasteiger partial charge in [-0.05, 0) is 33.3 Å². The van der Waals surface area contributed by atoms with Gasteiger partial charge in [-0.3, -0.25) is 9.36 Å². The fraction of sp³-hybridized carbons (Fsp3) is 0.409. The van der Waals surface area contributed by atoms with E-state index in [4.69, 9.17) is 9.72 Å². The fourth-order valence-electron chi connectivity index (χ4n) is 3.46. The first kappa shape index (κ1) is 20.3. The molecule has 3 rings (SSSR count). The molecule has 2 heterocycles. The zero-order chi connectivity index (χ0) is 20.6. The van der Waals surface area contributed by atoms with Crippen molar-refractivity contribution in [3.8, 4) is 11.1 Å². The highest BCUT2D eigenvalue weighted by Crippen LogP contribution is 2.37. The van der Waals surface area contributed by atoms with E-state index in [-0.39, 0.29) is 18.1 Å². The van der Waals surface area contributed by atoms with Crippen molar-refractivity contribution in [2.45, 2.75) is 53.0 Å². The Kier molecular flexibility index (Phi) is 5.44. The third-order valence-corrected chi connectivity index (χ3v) is 5.84. The summed E-state index contributed by atoms with van der Waals surface area (Å²) >= 11 is 1.52. The van der Waals surface area contributed by atoms with E-state index in [2.05, 4.69) is 0 Å². The molecule has 3 aromatic rings. The predicted molar refractivity (Wildman–Crippen MR) is 114 cm³/mol. The first-order valence-corrected chi connectivity index (χ1v) is 10.3. The third-order valence-electron chi connectivity index (χ3n) is 4.84. The van der Waals surface area contributed by atoms with E-state index in [0.717, 1.165) is 16.0 Å². The van der Waals surface area contributed by atoms with Gasteiger partial charge in [0.05, 0.1) is 12.0 Å². The molecule has 0 N–H and O–H groups in total. The number of nitrogens with zero attached hydrogens (tertiary/aromatic N) is 2. The first-order valence-electron chi connectivity index (χ1n) is 9.49. The fourth-order valence-corrected chi connectivity index (χ4v) is 4.50. The maximum atomic E-state index is 13.7. The number of benzene rings is 1. The van der Waals surface area contributed by atoms with Crippen LogP contribution in [-0.2, 0) is 15.1 Å². The number of hydrogen-bond donors (Lipinski definition) is 0. The molecule has 28 heavy (non-hydrogen) atoms. The number of fused-ring (bicyclic) bond motifs is 1. The summed E-state index contributed by atoms with van der Waals surface area (Å²) in [4.78, 5) is 33.0. The molecule has 0 fully saturated rings. The van der Waals surface area contributed by atoms with Gasteiger partial charge in [-0.1, -0.05) is 44.2 Å². The van der Waals surface area contributed by atoms with Crippen LogP contribution in [0, 0.1) is 6.92 Å². The molecule has 0 aliphatic carbocycles. The molecular weight excluding hydrogens is 372 g/mol. The molecule has 0 radical (unpaired) electrons. The van der Waals surface area contributed by atoms with E-state index in [0.29, 0.717) is 16.0 Å². The van der Waals surface area contributed by atoms with Crippen LogP contribution in [0.2, 0.25) is 0 Å². The second-order valence-corrected chi connectivity index (χ2v) is 8.83. The molecule has 2 aromatic heterocycles. The molecule has 1 aromatic carbocycles. The van der Waals surface area contributed by atoms with Crippen LogP contribution in [-0.4, -0.2) is 22.1 Å². The summed E-state index contributed by atoms with van der Waals surface area (Å²) < 4.78 is 6.78. The zero-order valence-electron chi connectivity index (χ0n) is 17.2. The minimum atomic E-state index is -1.16. The molecule has 0 spiro atoms. The van der Waals surface area contributed by atoms with Gasteiger partial charge in [0.2, 0.25) is 0 Å². The lowest BCUT2D eigenvalue weighted by molar-refractivity contribution is -0.152. The van der Waals surface area contributed by atoms with Crippen molar-refractivity contribution in [1.29, 1.82) is 0 Å². The predicted octanol–water partition coefficient (Wildman–Crippen LogP) is 4.86. The number of carbonyl (C=O) groups excluding carboxylic acids is 1. The van der Waals surface area contributed by atoms with Gasteiger partial charge in [-0.2, -0.15) is 0 Å². The van der Waals surface area contributed by atoms with Crippen LogP contribution in [0.25, 0.3) is 21.3 Å². The van der Waals surface area contributed by atoms with Crippen LogP contribution in [0.3, 0.4) is 0 Å². The molecule has 0 aliphatic rings. The Labute approximate surface area is 169 Å². The Bertz CT molecular complexity index is 1080. The quantitative estimate of drug-likeness (QED) is 0.576. The van der Waals surface area contributed by atoms with Gasteiger partial charge in [0, 0.05) is 16.4 Å².